The summed E-state index contributed by atoms with van der Waals surface area (Å²) < 4.78 is 7.38. The van der Waals surface area contributed by atoms with Crippen molar-refractivity contribution in [2.45, 2.75) is 33.0 Å². The van der Waals surface area contributed by atoms with Crippen molar-refractivity contribution >= 4 is 6.03 Å². The molecule has 1 N–H and O–H groups in total. The molecule has 0 radical (unpaired) electrons. The summed E-state index contributed by atoms with van der Waals surface area (Å²) in [6, 6.07) is 8.61. The zero-order valence-electron chi connectivity index (χ0n) is 14.4. The lowest BCUT2D eigenvalue weighted by Crippen LogP contribution is -2.54. The quantitative estimate of drug-likeness (QED) is 0.915. The number of aromatic nitrogens is 3. The van der Waals surface area contributed by atoms with Crippen molar-refractivity contribution in [1.29, 1.82) is 0 Å². The van der Waals surface area contributed by atoms with E-state index in [9.17, 15) is 4.79 Å². The van der Waals surface area contributed by atoms with E-state index >= 15 is 0 Å². The van der Waals surface area contributed by atoms with Crippen molar-refractivity contribution in [2.24, 2.45) is 5.92 Å². The molecule has 0 spiro atoms. The zero-order chi connectivity index (χ0) is 17.2. The van der Waals surface area contributed by atoms with E-state index in [1.807, 2.05) is 9.47 Å². The average molecular weight is 341 g/mol. The van der Waals surface area contributed by atoms with Gasteiger partial charge >= 0.3 is 6.03 Å². The summed E-state index contributed by atoms with van der Waals surface area (Å²) in [6.45, 7) is 6.03. The van der Waals surface area contributed by atoms with Gasteiger partial charge in [0.25, 0.3) is 0 Å². The first kappa shape index (κ1) is 16.1. The van der Waals surface area contributed by atoms with Crippen LogP contribution in [0.2, 0.25) is 0 Å². The Hall–Kier alpha value is -2.41. The van der Waals surface area contributed by atoms with E-state index in [1.54, 1.807) is 0 Å². The molecule has 2 aromatic rings. The number of hydrogen-bond acceptors (Lipinski definition) is 4. The first-order valence-corrected chi connectivity index (χ1v) is 8.76. The third kappa shape index (κ3) is 3.51. The summed E-state index contributed by atoms with van der Waals surface area (Å²) in [5, 5.41) is 11.2. The van der Waals surface area contributed by atoms with Crippen LogP contribution in [0.5, 0.6) is 0 Å². The second-order valence-electron chi connectivity index (χ2n) is 6.86. The fourth-order valence-electron chi connectivity index (χ4n) is 3.38. The zero-order valence-corrected chi connectivity index (χ0v) is 14.4. The van der Waals surface area contributed by atoms with E-state index in [0.29, 0.717) is 25.7 Å². The maximum atomic E-state index is 12.3. The third-order valence-corrected chi connectivity index (χ3v) is 4.88. The number of benzene rings is 1. The molecule has 1 saturated heterocycles. The number of urea groups is 1. The Morgan fingerprint density at radius 3 is 2.88 bits per heavy atom. The number of ether oxygens (including phenoxy) is 1. The van der Waals surface area contributed by atoms with Gasteiger partial charge in [-0.25, -0.2) is 4.79 Å². The highest BCUT2D eigenvalue weighted by molar-refractivity contribution is 5.74. The maximum Gasteiger partial charge on any atom is 0.317 e. The second kappa shape index (κ2) is 6.84. The summed E-state index contributed by atoms with van der Waals surface area (Å²) >= 11 is 0. The van der Waals surface area contributed by atoms with Gasteiger partial charge < -0.3 is 19.5 Å². The summed E-state index contributed by atoms with van der Waals surface area (Å²) in [6.07, 6.45) is 1.03. The molecular formula is C18H23N5O2. The van der Waals surface area contributed by atoms with Crippen LogP contribution in [-0.2, 0) is 30.9 Å². The molecule has 2 amide bonds. The Morgan fingerprint density at radius 2 is 2.08 bits per heavy atom. The number of fused-ring (bicyclic) bond motifs is 1. The van der Waals surface area contributed by atoms with Crippen LogP contribution < -0.4 is 5.32 Å². The van der Waals surface area contributed by atoms with Crippen LogP contribution in [0.4, 0.5) is 4.79 Å². The molecule has 1 aromatic heterocycles. The molecule has 1 aromatic carbocycles. The molecular weight excluding hydrogens is 318 g/mol. The van der Waals surface area contributed by atoms with Gasteiger partial charge in [-0.15, -0.1) is 10.2 Å². The van der Waals surface area contributed by atoms with Gasteiger partial charge in [-0.05, 0) is 24.8 Å². The lowest BCUT2D eigenvalue weighted by Gasteiger charge is -2.39. The van der Waals surface area contributed by atoms with E-state index in [0.717, 1.165) is 37.7 Å². The molecule has 25 heavy (non-hydrogen) atoms. The standard InChI is InChI=1S/C18H23N5O2/c1-13-2-4-14(5-3-13)8-15-10-22(11-15)18(24)19-9-16-20-21-17-12-25-7-6-23(16)17/h2-5,15H,6-12H2,1H3,(H,19,24). The SMILES string of the molecule is Cc1ccc(CC2CN(C(=O)NCc3nnc4n3CCOC4)C2)cc1. The molecule has 7 nitrogen and oxygen atoms in total. The number of carbonyl (C=O) groups is 1. The molecule has 0 atom stereocenters. The number of nitrogens with one attached hydrogen (secondary N) is 1. The number of likely N-dealkylation sites (tertiary alicyclic amines) is 1. The molecule has 132 valence electrons. The predicted octanol–water partition coefficient (Wildman–Crippen LogP) is 1.50. The van der Waals surface area contributed by atoms with Gasteiger partial charge in [0.05, 0.1) is 13.2 Å². The topological polar surface area (TPSA) is 72.3 Å². The first-order valence-electron chi connectivity index (χ1n) is 8.76. The largest absolute Gasteiger partial charge is 0.372 e. The van der Waals surface area contributed by atoms with E-state index in [-0.39, 0.29) is 6.03 Å². The van der Waals surface area contributed by atoms with Crippen molar-refractivity contribution in [1.82, 2.24) is 25.0 Å². The Labute approximate surface area is 147 Å². The number of nitrogens with zero attached hydrogens (tertiary/aromatic N) is 4. The normalized spacial score (nSPS) is 17.1. The number of aryl methyl sites for hydroxylation is 1. The van der Waals surface area contributed by atoms with Crippen LogP contribution in [0.3, 0.4) is 0 Å². The summed E-state index contributed by atoms with van der Waals surface area (Å²) in [7, 11) is 0. The van der Waals surface area contributed by atoms with Gasteiger partial charge in [-0.1, -0.05) is 29.8 Å². The van der Waals surface area contributed by atoms with Gasteiger partial charge in [-0.3, -0.25) is 0 Å². The molecule has 4 rings (SSSR count). The van der Waals surface area contributed by atoms with Gasteiger partial charge in [0.2, 0.25) is 0 Å². The van der Waals surface area contributed by atoms with Gasteiger partial charge in [0, 0.05) is 19.6 Å². The van der Waals surface area contributed by atoms with Crippen molar-refractivity contribution in [2.75, 3.05) is 19.7 Å². The molecule has 2 aliphatic rings. The van der Waals surface area contributed by atoms with E-state index in [1.165, 1.54) is 11.1 Å². The summed E-state index contributed by atoms with van der Waals surface area (Å²) in [5.41, 5.74) is 2.62. The highest BCUT2D eigenvalue weighted by Crippen LogP contribution is 2.21. The van der Waals surface area contributed by atoms with Crippen molar-refractivity contribution in [3.05, 3.63) is 47.0 Å². The minimum Gasteiger partial charge on any atom is -0.372 e. The highest BCUT2D eigenvalue weighted by atomic mass is 16.5. The smallest absolute Gasteiger partial charge is 0.317 e. The number of hydrogen-bond donors (Lipinski definition) is 1. The van der Waals surface area contributed by atoms with Gasteiger partial charge in [0.1, 0.15) is 6.61 Å². The van der Waals surface area contributed by atoms with Crippen LogP contribution in [0.1, 0.15) is 22.8 Å². The van der Waals surface area contributed by atoms with Crippen molar-refractivity contribution in [3.8, 4) is 0 Å². The predicted molar refractivity (Wildman–Crippen MR) is 91.9 cm³/mol. The van der Waals surface area contributed by atoms with E-state index in [2.05, 4.69) is 46.7 Å². The Bertz CT molecular complexity index is 749. The molecule has 2 aliphatic heterocycles. The lowest BCUT2D eigenvalue weighted by molar-refractivity contribution is 0.0804. The van der Waals surface area contributed by atoms with Crippen molar-refractivity contribution < 1.29 is 9.53 Å². The Morgan fingerprint density at radius 1 is 1.28 bits per heavy atom. The Kier molecular flexibility index (Phi) is 4.40. The fourth-order valence-corrected chi connectivity index (χ4v) is 3.38. The van der Waals surface area contributed by atoms with Crippen molar-refractivity contribution in [3.63, 3.8) is 0 Å². The van der Waals surface area contributed by atoms with Crippen LogP contribution in [0.15, 0.2) is 24.3 Å². The molecule has 0 saturated carbocycles. The second-order valence-corrected chi connectivity index (χ2v) is 6.86. The average Bonchev–Trinajstić information content (AvgIpc) is 3.00. The monoisotopic (exact) mass is 341 g/mol. The van der Waals surface area contributed by atoms with Gasteiger partial charge in [0.15, 0.2) is 11.6 Å². The number of carbonyl (C=O) groups excluding carboxylic acids is 1. The van der Waals surface area contributed by atoms with Crippen LogP contribution in [0, 0.1) is 12.8 Å². The maximum absolute atomic E-state index is 12.3. The Balaban J connectivity index is 1.23. The van der Waals surface area contributed by atoms with Gasteiger partial charge in [-0.2, -0.15) is 0 Å². The lowest BCUT2D eigenvalue weighted by atomic mass is 9.92. The number of amides is 2. The molecule has 1 fully saturated rings. The third-order valence-electron chi connectivity index (χ3n) is 4.88. The molecule has 7 heteroatoms. The van der Waals surface area contributed by atoms with Crippen LogP contribution in [-0.4, -0.2) is 45.4 Å². The molecule has 0 bridgehead atoms. The molecule has 0 unspecified atom stereocenters. The van der Waals surface area contributed by atoms with E-state index in [4.69, 9.17) is 4.74 Å². The first-order chi connectivity index (χ1) is 12.2. The van der Waals surface area contributed by atoms with Crippen LogP contribution >= 0.6 is 0 Å². The molecule has 3 heterocycles. The van der Waals surface area contributed by atoms with E-state index < -0.39 is 0 Å². The van der Waals surface area contributed by atoms with Crippen LogP contribution in [0.25, 0.3) is 0 Å². The summed E-state index contributed by atoms with van der Waals surface area (Å²) in [4.78, 5) is 14.1. The fraction of sp³-hybridized carbons (Fsp3) is 0.500. The minimum absolute atomic E-state index is 0.0236. The highest BCUT2D eigenvalue weighted by Gasteiger charge is 2.30. The number of rotatable bonds is 4. The summed E-state index contributed by atoms with van der Waals surface area (Å²) in [5.74, 6) is 2.17. The molecule has 0 aliphatic carbocycles. The minimum atomic E-state index is -0.0236.